The number of hydrogen-bond donors (Lipinski definition) is 3. The molecule has 0 fully saturated rings. The quantitative estimate of drug-likeness (QED) is 0.671. The summed E-state index contributed by atoms with van der Waals surface area (Å²) in [5, 5.41) is 14.8. The van der Waals surface area contributed by atoms with Crippen molar-refractivity contribution in [1.29, 1.82) is 0 Å². The monoisotopic (exact) mass is 215 g/mol. The van der Waals surface area contributed by atoms with Crippen LogP contribution in [0.25, 0.3) is 0 Å². The lowest BCUT2D eigenvalue weighted by atomic mass is 10.2. The maximum absolute atomic E-state index is 11.6. The van der Waals surface area contributed by atoms with Crippen LogP contribution in [-0.4, -0.2) is 35.6 Å². The first-order valence-corrected chi connectivity index (χ1v) is 5.01. The van der Waals surface area contributed by atoms with E-state index in [1.807, 2.05) is 0 Å². The summed E-state index contributed by atoms with van der Waals surface area (Å²) in [6.07, 6.45) is 0. The zero-order valence-corrected chi connectivity index (χ0v) is 8.94. The van der Waals surface area contributed by atoms with Crippen molar-refractivity contribution >= 4 is 22.4 Å². The van der Waals surface area contributed by atoms with E-state index in [2.05, 4.69) is 15.0 Å². The SMILES string of the molecule is CNc1snc(C)c1C(=O)NCCO. The van der Waals surface area contributed by atoms with E-state index in [9.17, 15) is 4.79 Å². The van der Waals surface area contributed by atoms with E-state index in [0.717, 1.165) is 5.00 Å². The molecule has 1 aromatic rings. The van der Waals surface area contributed by atoms with E-state index in [0.29, 0.717) is 11.3 Å². The van der Waals surface area contributed by atoms with Gasteiger partial charge in [-0.25, -0.2) is 0 Å². The van der Waals surface area contributed by atoms with Crippen molar-refractivity contribution in [2.45, 2.75) is 6.92 Å². The van der Waals surface area contributed by atoms with E-state index in [1.165, 1.54) is 11.5 Å². The van der Waals surface area contributed by atoms with Crippen molar-refractivity contribution < 1.29 is 9.90 Å². The zero-order valence-electron chi connectivity index (χ0n) is 8.13. The smallest absolute Gasteiger partial charge is 0.256 e. The molecule has 1 aromatic heterocycles. The lowest BCUT2D eigenvalue weighted by Crippen LogP contribution is -2.27. The highest BCUT2D eigenvalue weighted by molar-refractivity contribution is 7.10. The third kappa shape index (κ3) is 2.21. The van der Waals surface area contributed by atoms with E-state index >= 15 is 0 Å². The van der Waals surface area contributed by atoms with Crippen molar-refractivity contribution in [2.75, 3.05) is 25.5 Å². The number of aromatic nitrogens is 1. The predicted molar refractivity (Wildman–Crippen MR) is 55.8 cm³/mol. The van der Waals surface area contributed by atoms with Gasteiger partial charge in [0.1, 0.15) is 5.00 Å². The van der Waals surface area contributed by atoms with Gasteiger partial charge in [0.05, 0.1) is 17.9 Å². The highest BCUT2D eigenvalue weighted by Crippen LogP contribution is 2.23. The molecule has 0 aromatic carbocycles. The van der Waals surface area contributed by atoms with Crippen LogP contribution < -0.4 is 10.6 Å². The third-order valence-corrected chi connectivity index (χ3v) is 2.67. The van der Waals surface area contributed by atoms with Crippen LogP contribution in [-0.2, 0) is 0 Å². The number of amides is 1. The first kappa shape index (κ1) is 10.9. The van der Waals surface area contributed by atoms with Gasteiger partial charge < -0.3 is 15.7 Å². The first-order valence-electron chi connectivity index (χ1n) is 4.23. The van der Waals surface area contributed by atoms with Crippen LogP contribution in [0, 0.1) is 6.92 Å². The minimum atomic E-state index is -0.199. The number of aliphatic hydroxyl groups excluding tert-OH is 1. The van der Waals surface area contributed by atoms with Gasteiger partial charge in [0, 0.05) is 13.6 Å². The largest absolute Gasteiger partial charge is 0.395 e. The number of nitrogens with zero attached hydrogens (tertiary/aromatic N) is 1. The standard InChI is InChI=1S/C8H13N3O2S/c1-5-6(7(13)10-3-4-12)8(9-2)14-11-5/h9,12H,3-4H2,1-2H3,(H,10,13). The van der Waals surface area contributed by atoms with Crippen LogP contribution in [0.1, 0.15) is 16.1 Å². The summed E-state index contributed by atoms with van der Waals surface area (Å²) in [5.74, 6) is -0.199. The number of hydrogen-bond acceptors (Lipinski definition) is 5. The molecule has 5 nitrogen and oxygen atoms in total. The van der Waals surface area contributed by atoms with Crippen molar-refractivity contribution in [2.24, 2.45) is 0 Å². The Morgan fingerprint density at radius 1 is 1.64 bits per heavy atom. The van der Waals surface area contributed by atoms with Crippen LogP contribution in [0.3, 0.4) is 0 Å². The number of carbonyl (C=O) groups excluding carboxylic acids is 1. The molecule has 0 aliphatic rings. The zero-order chi connectivity index (χ0) is 10.6. The second kappa shape index (κ2) is 4.92. The second-order valence-electron chi connectivity index (χ2n) is 2.70. The van der Waals surface area contributed by atoms with Crippen LogP contribution in [0.15, 0.2) is 0 Å². The summed E-state index contributed by atoms with van der Waals surface area (Å²) in [4.78, 5) is 11.6. The highest BCUT2D eigenvalue weighted by Gasteiger charge is 2.16. The molecular weight excluding hydrogens is 202 g/mol. The van der Waals surface area contributed by atoms with Crippen molar-refractivity contribution in [3.63, 3.8) is 0 Å². The summed E-state index contributed by atoms with van der Waals surface area (Å²) < 4.78 is 4.07. The maximum Gasteiger partial charge on any atom is 0.256 e. The predicted octanol–water partition coefficient (Wildman–Crippen LogP) is 0.215. The van der Waals surface area contributed by atoms with E-state index in [-0.39, 0.29) is 19.1 Å². The van der Waals surface area contributed by atoms with Crippen LogP contribution in [0.2, 0.25) is 0 Å². The summed E-state index contributed by atoms with van der Waals surface area (Å²) in [7, 11) is 1.75. The van der Waals surface area contributed by atoms with Gasteiger partial charge in [-0.3, -0.25) is 4.79 Å². The van der Waals surface area contributed by atoms with Gasteiger partial charge in [0.2, 0.25) is 0 Å². The normalized spacial score (nSPS) is 9.93. The summed E-state index contributed by atoms with van der Waals surface area (Å²) in [6, 6.07) is 0. The van der Waals surface area contributed by atoms with Gasteiger partial charge in [0.15, 0.2) is 0 Å². The first-order chi connectivity index (χ1) is 6.70. The fourth-order valence-electron chi connectivity index (χ4n) is 1.07. The number of nitrogens with one attached hydrogen (secondary N) is 2. The molecule has 0 saturated heterocycles. The molecule has 3 N–H and O–H groups in total. The molecule has 0 aliphatic carbocycles. The minimum absolute atomic E-state index is 0.0583. The van der Waals surface area contributed by atoms with Crippen LogP contribution in [0.4, 0.5) is 5.00 Å². The van der Waals surface area contributed by atoms with Crippen molar-refractivity contribution in [3.8, 4) is 0 Å². The Morgan fingerprint density at radius 2 is 2.36 bits per heavy atom. The Kier molecular flexibility index (Phi) is 3.84. The van der Waals surface area contributed by atoms with Gasteiger partial charge in [-0.1, -0.05) is 0 Å². The lowest BCUT2D eigenvalue weighted by Gasteiger charge is -2.04. The summed E-state index contributed by atoms with van der Waals surface area (Å²) >= 11 is 1.25. The Hall–Kier alpha value is -1.14. The molecule has 0 radical (unpaired) electrons. The van der Waals surface area contributed by atoms with Crippen LogP contribution in [0.5, 0.6) is 0 Å². The summed E-state index contributed by atoms with van der Waals surface area (Å²) in [5.41, 5.74) is 1.26. The van der Waals surface area contributed by atoms with Gasteiger partial charge >= 0.3 is 0 Å². The molecule has 0 aliphatic heterocycles. The van der Waals surface area contributed by atoms with Gasteiger partial charge in [-0.15, -0.1) is 0 Å². The number of aryl methyl sites for hydroxylation is 1. The molecule has 14 heavy (non-hydrogen) atoms. The third-order valence-electron chi connectivity index (χ3n) is 1.71. The fraction of sp³-hybridized carbons (Fsp3) is 0.500. The highest BCUT2D eigenvalue weighted by atomic mass is 32.1. The van der Waals surface area contributed by atoms with Gasteiger partial charge in [-0.05, 0) is 18.5 Å². The maximum atomic E-state index is 11.6. The Labute approximate surface area is 86.3 Å². The number of rotatable bonds is 4. The molecular formula is C8H13N3O2S. The van der Waals surface area contributed by atoms with E-state index < -0.39 is 0 Å². The topological polar surface area (TPSA) is 74.2 Å². The molecule has 0 bridgehead atoms. The Bertz CT molecular complexity index is 324. The molecule has 1 rings (SSSR count). The number of aliphatic hydroxyl groups is 1. The Balaban J connectivity index is 2.82. The van der Waals surface area contributed by atoms with E-state index in [4.69, 9.17) is 5.11 Å². The average Bonchev–Trinajstić information content (AvgIpc) is 2.56. The molecule has 0 spiro atoms. The second-order valence-corrected chi connectivity index (χ2v) is 3.48. The molecule has 0 unspecified atom stereocenters. The Morgan fingerprint density at radius 3 is 2.93 bits per heavy atom. The van der Waals surface area contributed by atoms with Crippen molar-refractivity contribution in [1.82, 2.24) is 9.69 Å². The van der Waals surface area contributed by atoms with Crippen LogP contribution >= 0.6 is 11.5 Å². The fourth-order valence-corrected chi connectivity index (χ4v) is 1.81. The molecule has 6 heteroatoms. The minimum Gasteiger partial charge on any atom is -0.395 e. The molecule has 1 heterocycles. The number of carbonyl (C=O) groups is 1. The van der Waals surface area contributed by atoms with Crippen molar-refractivity contribution in [3.05, 3.63) is 11.3 Å². The summed E-state index contributed by atoms with van der Waals surface area (Å²) in [6.45, 7) is 1.99. The molecule has 0 saturated carbocycles. The lowest BCUT2D eigenvalue weighted by molar-refractivity contribution is 0.0945. The van der Waals surface area contributed by atoms with E-state index in [1.54, 1.807) is 14.0 Å². The molecule has 78 valence electrons. The number of anilines is 1. The molecule has 0 atom stereocenters. The molecule has 1 amide bonds. The van der Waals surface area contributed by atoms with Gasteiger partial charge in [0.25, 0.3) is 5.91 Å². The van der Waals surface area contributed by atoms with Gasteiger partial charge in [-0.2, -0.15) is 4.37 Å². The average molecular weight is 215 g/mol.